The summed E-state index contributed by atoms with van der Waals surface area (Å²) in [5.41, 5.74) is 0.716. The maximum atomic E-state index is 9.63. The average Bonchev–Trinajstić information content (AvgIpc) is 2.70. The van der Waals surface area contributed by atoms with Gasteiger partial charge in [-0.3, -0.25) is 0 Å². The molecule has 1 saturated heterocycles. The molecule has 0 bridgehead atoms. The molecule has 1 atom stereocenters. The van der Waals surface area contributed by atoms with Crippen LogP contribution in [0.25, 0.3) is 0 Å². The quantitative estimate of drug-likeness (QED) is 0.775. The Kier molecular flexibility index (Phi) is 3.68. The van der Waals surface area contributed by atoms with Gasteiger partial charge in [0.1, 0.15) is 0 Å². The van der Waals surface area contributed by atoms with Crippen LogP contribution in [0.15, 0.2) is 0 Å². The zero-order valence-electron chi connectivity index (χ0n) is 10.0. The van der Waals surface area contributed by atoms with Crippen molar-refractivity contribution in [3.63, 3.8) is 0 Å². The van der Waals surface area contributed by atoms with Crippen molar-refractivity contribution in [2.24, 2.45) is 5.41 Å². The number of piperidine rings is 1. The number of β-amino-alcohol motifs (C(OH)–C–C–N with tert-alkyl or cyclic N) is 1. The van der Waals surface area contributed by atoms with Gasteiger partial charge in [-0.05, 0) is 50.6 Å². The van der Waals surface area contributed by atoms with E-state index in [1.54, 1.807) is 0 Å². The van der Waals surface area contributed by atoms with E-state index >= 15 is 0 Å². The van der Waals surface area contributed by atoms with Crippen LogP contribution in [0.3, 0.4) is 0 Å². The number of likely N-dealkylation sites (tertiary alicyclic amines) is 1. The molecule has 0 aromatic rings. The summed E-state index contributed by atoms with van der Waals surface area (Å²) in [6.45, 7) is 5.40. The molecule has 2 aliphatic rings. The van der Waals surface area contributed by atoms with Gasteiger partial charge in [-0.15, -0.1) is 0 Å². The van der Waals surface area contributed by atoms with E-state index in [4.69, 9.17) is 0 Å². The van der Waals surface area contributed by atoms with E-state index < -0.39 is 0 Å². The van der Waals surface area contributed by atoms with Gasteiger partial charge in [0.15, 0.2) is 0 Å². The fraction of sp³-hybridized carbons (Fsp3) is 1.00. The highest BCUT2D eigenvalue weighted by Crippen LogP contribution is 2.46. The Morgan fingerprint density at radius 3 is 2.27 bits per heavy atom. The normalized spacial score (nSPS) is 28.4. The van der Waals surface area contributed by atoms with Crippen molar-refractivity contribution in [2.45, 2.75) is 58.0 Å². The molecule has 1 spiro atoms. The van der Waals surface area contributed by atoms with E-state index in [0.29, 0.717) is 5.41 Å². The molecule has 1 aliphatic carbocycles. The van der Waals surface area contributed by atoms with Crippen LogP contribution < -0.4 is 0 Å². The van der Waals surface area contributed by atoms with Gasteiger partial charge < -0.3 is 10.0 Å². The summed E-state index contributed by atoms with van der Waals surface area (Å²) in [6, 6.07) is 0. The van der Waals surface area contributed by atoms with E-state index in [1.165, 1.54) is 51.6 Å². The fourth-order valence-corrected chi connectivity index (χ4v) is 3.26. The van der Waals surface area contributed by atoms with Gasteiger partial charge in [0.2, 0.25) is 0 Å². The Morgan fingerprint density at radius 2 is 1.73 bits per heavy atom. The fourth-order valence-electron chi connectivity index (χ4n) is 3.26. The Morgan fingerprint density at radius 1 is 1.13 bits per heavy atom. The van der Waals surface area contributed by atoms with Crippen molar-refractivity contribution >= 4 is 0 Å². The van der Waals surface area contributed by atoms with Crippen molar-refractivity contribution in [3.8, 4) is 0 Å². The standard InChI is InChI=1S/C13H25NO/c1-2-12(15)11-14-9-7-13(8-10-14)5-3-4-6-13/h12,15H,2-11H2,1H3. The van der Waals surface area contributed by atoms with Crippen molar-refractivity contribution in [2.75, 3.05) is 19.6 Å². The maximum Gasteiger partial charge on any atom is 0.0664 e. The van der Waals surface area contributed by atoms with Gasteiger partial charge in [0.05, 0.1) is 6.10 Å². The molecule has 2 rings (SSSR count). The molecule has 0 aromatic heterocycles. The average molecular weight is 211 g/mol. The van der Waals surface area contributed by atoms with E-state index in [1.807, 2.05) is 0 Å². The number of aliphatic hydroxyl groups is 1. The van der Waals surface area contributed by atoms with Crippen molar-refractivity contribution in [1.82, 2.24) is 4.90 Å². The molecule has 1 saturated carbocycles. The summed E-state index contributed by atoms with van der Waals surface area (Å²) in [5.74, 6) is 0. The molecule has 0 amide bonds. The molecule has 1 N–H and O–H groups in total. The Hall–Kier alpha value is -0.0800. The van der Waals surface area contributed by atoms with Crippen LogP contribution in [-0.4, -0.2) is 35.7 Å². The predicted octanol–water partition coefficient (Wildman–Crippen LogP) is 2.41. The number of hydrogen-bond acceptors (Lipinski definition) is 2. The van der Waals surface area contributed by atoms with Crippen LogP contribution in [-0.2, 0) is 0 Å². The molecule has 2 nitrogen and oxygen atoms in total. The molecule has 0 aromatic carbocycles. The molecule has 1 aliphatic heterocycles. The second-order valence-electron chi connectivity index (χ2n) is 5.57. The minimum Gasteiger partial charge on any atom is -0.392 e. The predicted molar refractivity (Wildman–Crippen MR) is 62.9 cm³/mol. The van der Waals surface area contributed by atoms with Gasteiger partial charge in [0, 0.05) is 6.54 Å². The first-order valence-electron chi connectivity index (χ1n) is 6.64. The molecule has 1 unspecified atom stereocenters. The van der Waals surface area contributed by atoms with Crippen LogP contribution in [0, 0.1) is 5.41 Å². The first-order valence-corrected chi connectivity index (χ1v) is 6.64. The SMILES string of the molecule is CCC(O)CN1CCC2(CCCC2)CC1. The lowest BCUT2D eigenvalue weighted by Crippen LogP contribution is -2.42. The van der Waals surface area contributed by atoms with Gasteiger partial charge in [-0.2, -0.15) is 0 Å². The zero-order chi connectivity index (χ0) is 10.7. The third kappa shape index (κ3) is 2.73. The highest BCUT2D eigenvalue weighted by molar-refractivity contribution is 4.89. The van der Waals surface area contributed by atoms with E-state index in [9.17, 15) is 5.11 Å². The lowest BCUT2D eigenvalue weighted by Gasteiger charge is -2.40. The minimum absolute atomic E-state index is 0.109. The van der Waals surface area contributed by atoms with E-state index in [0.717, 1.165) is 13.0 Å². The maximum absolute atomic E-state index is 9.63. The highest BCUT2D eigenvalue weighted by atomic mass is 16.3. The van der Waals surface area contributed by atoms with Crippen LogP contribution >= 0.6 is 0 Å². The molecule has 2 fully saturated rings. The number of aliphatic hydroxyl groups excluding tert-OH is 1. The molecule has 0 radical (unpaired) electrons. The topological polar surface area (TPSA) is 23.5 Å². The lowest BCUT2D eigenvalue weighted by atomic mass is 9.77. The molecular weight excluding hydrogens is 186 g/mol. The third-order valence-electron chi connectivity index (χ3n) is 4.52. The van der Waals surface area contributed by atoms with Crippen LogP contribution in [0.5, 0.6) is 0 Å². The van der Waals surface area contributed by atoms with E-state index in [2.05, 4.69) is 11.8 Å². The Labute approximate surface area is 93.7 Å². The van der Waals surface area contributed by atoms with Gasteiger partial charge in [0.25, 0.3) is 0 Å². The summed E-state index contributed by atoms with van der Waals surface area (Å²) < 4.78 is 0. The Bertz CT molecular complexity index is 189. The first-order chi connectivity index (χ1) is 7.24. The number of nitrogens with zero attached hydrogens (tertiary/aromatic N) is 1. The summed E-state index contributed by atoms with van der Waals surface area (Å²) in [6.07, 6.45) is 9.39. The third-order valence-corrected chi connectivity index (χ3v) is 4.52. The zero-order valence-corrected chi connectivity index (χ0v) is 10.0. The smallest absolute Gasteiger partial charge is 0.0664 e. The molecular formula is C13H25NO. The van der Waals surface area contributed by atoms with Crippen LogP contribution in [0.1, 0.15) is 51.9 Å². The summed E-state index contributed by atoms with van der Waals surface area (Å²) >= 11 is 0. The highest BCUT2D eigenvalue weighted by Gasteiger charge is 2.36. The molecule has 15 heavy (non-hydrogen) atoms. The van der Waals surface area contributed by atoms with Gasteiger partial charge >= 0.3 is 0 Å². The van der Waals surface area contributed by atoms with Crippen LogP contribution in [0.4, 0.5) is 0 Å². The number of hydrogen-bond donors (Lipinski definition) is 1. The summed E-state index contributed by atoms with van der Waals surface area (Å²) in [7, 11) is 0. The summed E-state index contributed by atoms with van der Waals surface area (Å²) in [5, 5.41) is 9.63. The number of rotatable bonds is 3. The molecule has 88 valence electrons. The van der Waals surface area contributed by atoms with Crippen molar-refractivity contribution < 1.29 is 5.11 Å². The molecule has 2 heteroatoms. The van der Waals surface area contributed by atoms with Crippen molar-refractivity contribution in [1.29, 1.82) is 0 Å². The second kappa shape index (κ2) is 4.84. The van der Waals surface area contributed by atoms with Gasteiger partial charge in [-0.1, -0.05) is 19.8 Å². The second-order valence-corrected chi connectivity index (χ2v) is 5.57. The molecule has 1 heterocycles. The largest absolute Gasteiger partial charge is 0.392 e. The van der Waals surface area contributed by atoms with Crippen LogP contribution in [0.2, 0.25) is 0 Å². The minimum atomic E-state index is -0.109. The lowest BCUT2D eigenvalue weighted by molar-refractivity contribution is 0.0585. The first kappa shape index (κ1) is 11.4. The van der Waals surface area contributed by atoms with Crippen molar-refractivity contribution in [3.05, 3.63) is 0 Å². The van der Waals surface area contributed by atoms with Gasteiger partial charge in [-0.25, -0.2) is 0 Å². The van der Waals surface area contributed by atoms with E-state index in [-0.39, 0.29) is 6.10 Å². The Balaban J connectivity index is 1.76. The summed E-state index contributed by atoms with van der Waals surface area (Å²) in [4.78, 5) is 2.46. The monoisotopic (exact) mass is 211 g/mol.